The first-order valence-electron chi connectivity index (χ1n) is 12.1. The number of rotatable bonds is 13. The van der Waals surface area contributed by atoms with Gasteiger partial charge in [-0.2, -0.15) is 0 Å². The lowest BCUT2D eigenvalue weighted by Crippen LogP contribution is -2.39. The van der Waals surface area contributed by atoms with Crippen LogP contribution in [-0.4, -0.2) is 51.1 Å². The SMILES string of the molecule is COC(=O)[C@H](Cc1ccccc1)NP(=O)(CO[C@H](C)Cn1cnc2c(N)ncnc21)OCc1ccccc1. The summed E-state index contributed by atoms with van der Waals surface area (Å²) in [5.74, 6) is -0.259. The van der Waals surface area contributed by atoms with Crippen molar-refractivity contribution in [3.05, 3.63) is 84.4 Å². The summed E-state index contributed by atoms with van der Waals surface area (Å²) < 4.78 is 32.7. The molecular formula is C26H31N6O5P. The van der Waals surface area contributed by atoms with Gasteiger partial charge in [0.25, 0.3) is 7.52 Å². The molecule has 3 atom stereocenters. The van der Waals surface area contributed by atoms with Crippen LogP contribution in [0.5, 0.6) is 0 Å². The minimum atomic E-state index is -3.69. The zero-order chi connectivity index (χ0) is 27.0. The number of imidazole rings is 1. The van der Waals surface area contributed by atoms with E-state index in [9.17, 15) is 9.36 Å². The molecule has 2 heterocycles. The number of nitrogens with zero attached hydrogens (tertiary/aromatic N) is 4. The first kappa shape index (κ1) is 27.4. The van der Waals surface area contributed by atoms with E-state index in [1.54, 1.807) is 10.9 Å². The second-order valence-corrected chi connectivity index (χ2v) is 10.9. The molecule has 200 valence electrons. The molecule has 0 saturated carbocycles. The number of nitrogen functional groups attached to an aromatic ring is 1. The molecule has 0 amide bonds. The maximum absolute atomic E-state index is 14.0. The van der Waals surface area contributed by atoms with Gasteiger partial charge in [-0.25, -0.2) is 20.0 Å². The molecule has 12 heteroatoms. The summed E-state index contributed by atoms with van der Waals surface area (Å²) in [6.45, 7) is 2.28. The summed E-state index contributed by atoms with van der Waals surface area (Å²) >= 11 is 0. The van der Waals surface area contributed by atoms with Crippen LogP contribution < -0.4 is 10.8 Å². The molecule has 0 aliphatic heterocycles. The lowest BCUT2D eigenvalue weighted by atomic mass is 10.1. The minimum absolute atomic E-state index is 0.0739. The third-order valence-electron chi connectivity index (χ3n) is 5.82. The van der Waals surface area contributed by atoms with Crippen molar-refractivity contribution in [2.24, 2.45) is 0 Å². The Balaban J connectivity index is 1.49. The number of hydrogen-bond acceptors (Lipinski definition) is 9. The second kappa shape index (κ2) is 12.7. The fourth-order valence-electron chi connectivity index (χ4n) is 3.86. The fourth-order valence-corrected chi connectivity index (χ4v) is 5.57. The average Bonchev–Trinajstić information content (AvgIpc) is 3.35. The Labute approximate surface area is 220 Å². The number of anilines is 1. The number of esters is 1. The third-order valence-corrected chi connectivity index (χ3v) is 7.56. The van der Waals surface area contributed by atoms with Gasteiger partial charge in [-0.05, 0) is 24.5 Å². The Hall–Kier alpha value is -3.63. The lowest BCUT2D eigenvalue weighted by molar-refractivity contribution is -0.142. The van der Waals surface area contributed by atoms with Gasteiger partial charge in [0.2, 0.25) is 0 Å². The van der Waals surface area contributed by atoms with Crippen LogP contribution >= 0.6 is 7.52 Å². The number of carbonyl (C=O) groups is 1. The summed E-state index contributed by atoms with van der Waals surface area (Å²) in [6, 6.07) is 17.9. The van der Waals surface area contributed by atoms with Crippen molar-refractivity contribution in [3.8, 4) is 0 Å². The Kier molecular flexibility index (Phi) is 9.19. The Bertz CT molecular complexity index is 1380. The standard InChI is InChI=1S/C26H31N6O5P/c1-19(14-32-17-30-23-24(27)28-16-29-25(23)32)36-18-38(34,37-15-21-11-7-4-8-12-21)31-22(26(33)35-2)13-20-9-5-3-6-10-20/h3-12,16-17,19,22H,13-15,18H2,1-2H3,(H,31,34)(H2,27,28,29)/t19-,22+,38?/m1/s1. The number of fused-ring (bicyclic) bond motifs is 1. The van der Waals surface area contributed by atoms with Gasteiger partial charge < -0.3 is 24.3 Å². The van der Waals surface area contributed by atoms with Gasteiger partial charge in [0.1, 0.15) is 24.2 Å². The van der Waals surface area contributed by atoms with Crippen molar-refractivity contribution in [2.75, 3.05) is 19.2 Å². The minimum Gasteiger partial charge on any atom is -0.468 e. The van der Waals surface area contributed by atoms with Crippen LogP contribution in [-0.2, 0) is 42.9 Å². The molecule has 2 aromatic heterocycles. The number of benzene rings is 2. The summed E-state index contributed by atoms with van der Waals surface area (Å²) in [4.78, 5) is 25.1. The van der Waals surface area contributed by atoms with Crippen molar-refractivity contribution in [2.45, 2.75) is 38.6 Å². The molecule has 4 rings (SSSR count). The smallest absolute Gasteiger partial charge is 0.323 e. The van der Waals surface area contributed by atoms with E-state index in [0.29, 0.717) is 17.7 Å². The molecule has 2 aromatic carbocycles. The third kappa shape index (κ3) is 7.23. The first-order chi connectivity index (χ1) is 18.4. The zero-order valence-electron chi connectivity index (χ0n) is 21.3. The predicted molar refractivity (Wildman–Crippen MR) is 143 cm³/mol. The quantitative estimate of drug-likeness (QED) is 0.192. The van der Waals surface area contributed by atoms with E-state index in [-0.39, 0.29) is 25.2 Å². The number of ether oxygens (including phenoxy) is 2. The molecule has 38 heavy (non-hydrogen) atoms. The van der Waals surface area contributed by atoms with Gasteiger partial charge in [0.15, 0.2) is 11.5 Å². The Morgan fingerprint density at radius 1 is 1.05 bits per heavy atom. The second-order valence-electron chi connectivity index (χ2n) is 8.76. The van der Waals surface area contributed by atoms with E-state index in [1.807, 2.05) is 67.6 Å². The van der Waals surface area contributed by atoms with Gasteiger partial charge in [-0.15, -0.1) is 0 Å². The molecule has 0 bridgehead atoms. The van der Waals surface area contributed by atoms with Crippen molar-refractivity contribution in [3.63, 3.8) is 0 Å². The number of hydrogen-bond donors (Lipinski definition) is 2. The van der Waals surface area contributed by atoms with Gasteiger partial charge in [0.05, 0.1) is 32.7 Å². The van der Waals surface area contributed by atoms with Crippen LogP contribution in [0.25, 0.3) is 11.2 Å². The van der Waals surface area contributed by atoms with E-state index in [2.05, 4.69) is 20.0 Å². The van der Waals surface area contributed by atoms with Crippen molar-refractivity contribution in [1.29, 1.82) is 0 Å². The Morgan fingerprint density at radius 2 is 1.74 bits per heavy atom. The lowest BCUT2D eigenvalue weighted by Gasteiger charge is -2.26. The summed E-state index contributed by atoms with van der Waals surface area (Å²) in [5, 5.41) is 2.93. The molecule has 3 N–H and O–H groups in total. The average molecular weight is 539 g/mol. The van der Waals surface area contributed by atoms with Crippen LogP contribution in [0.4, 0.5) is 5.82 Å². The summed E-state index contributed by atoms with van der Waals surface area (Å²) in [7, 11) is -2.39. The van der Waals surface area contributed by atoms with Crippen LogP contribution in [0.3, 0.4) is 0 Å². The summed E-state index contributed by atoms with van der Waals surface area (Å²) in [6.07, 6.45) is 2.57. The van der Waals surface area contributed by atoms with Crippen LogP contribution in [0.2, 0.25) is 0 Å². The Morgan fingerprint density at radius 3 is 2.42 bits per heavy atom. The predicted octanol–water partition coefficient (Wildman–Crippen LogP) is 3.55. The molecule has 0 aliphatic rings. The fraction of sp³-hybridized carbons (Fsp3) is 0.308. The number of methoxy groups -OCH3 is 1. The number of aromatic nitrogens is 4. The van der Waals surface area contributed by atoms with Gasteiger partial charge >= 0.3 is 5.97 Å². The number of nitrogens with two attached hydrogens (primary N) is 1. The molecule has 4 aromatic rings. The molecule has 11 nitrogen and oxygen atoms in total. The molecule has 1 unspecified atom stereocenters. The molecule has 0 radical (unpaired) electrons. The van der Waals surface area contributed by atoms with Crippen molar-refractivity contribution < 1.29 is 23.4 Å². The number of carbonyl (C=O) groups excluding carboxylic acids is 1. The van der Waals surface area contributed by atoms with E-state index >= 15 is 0 Å². The molecular weight excluding hydrogens is 507 g/mol. The maximum atomic E-state index is 14.0. The number of nitrogens with one attached hydrogen (secondary N) is 1. The normalized spacial score (nSPS) is 14.6. The topological polar surface area (TPSA) is 143 Å². The van der Waals surface area contributed by atoms with Gasteiger partial charge in [0, 0.05) is 0 Å². The van der Waals surface area contributed by atoms with Crippen LogP contribution in [0.1, 0.15) is 18.1 Å². The largest absolute Gasteiger partial charge is 0.468 e. The van der Waals surface area contributed by atoms with Crippen molar-refractivity contribution >= 4 is 30.5 Å². The highest BCUT2D eigenvalue weighted by Gasteiger charge is 2.33. The van der Waals surface area contributed by atoms with Gasteiger partial charge in [-0.3, -0.25) is 9.36 Å². The van der Waals surface area contributed by atoms with Crippen LogP contribution in [0.15, 0.2) is 73.3 Å². The van der Waals surface area contributed by atoms with E-state index in [4.69, 9.17) is 19.7 Å². The molecule has 0 spiro atoms. The summed E-state index contributed by atoms with van der Waals surface area (Å²) in [5.41, 5.74) is 8.67. The molecule has 0 fully saturated rings. The zero-order valence-corrected chi connectivity index (χ0v) is 22.2. The monoisotopic (exact) mass is 538 g/mol. The highest BCUT2D eigenvalue weighted by Crippen LogP contribution is 2.44. The van der Waals surface area contributed by atoms with E-state index < -0.39 is 25.6 Å². The highest BCUT2D eigenvalue weighted by molar-refractivity contribution is 7.56. The molecule has 0 aliphatic carbocycles. The van der Waals surface area contributed by atoms with E-state index in [1.165, 1.54) is 13.4 Å². The maximum Gasteiger partial charge on any atom is 0.323 e. The first-order valence-corrected chi connectivity index (χ1v) is 13.9. The van der Waals surface area contributed by atoms with Crippen molar-refractivity contribution in [1.82, 2.24) is 24.6 Å². The van der Waals surface area contributed by atoms with Crippen LogP contribution in [0, 0.1) is 0 Å². The molecule has 0 saturated heterocycles. The van der Waals surface area contributed by atoms with E-state index in [0.717, 1.165) is 11.1 Å². The highest BCUT2D eigenvalue weighted by atomic mass is 31.2. The van der Waals surface area contributed by atoms with Gasteiger partial charge in [-0.1, -0.05) is 60.7 Å².